The van der Waals surface area contributed by atoms with Crippen molar-refractivity contribution >= 4 is 18.0 Å². The number of nitrogens with two attached hydrogens (primary N) is 1. The summed E-state index contributed by atoms with van der Waals surface area (Å²) in [6, 6.07) is 1.29. The zero-order chi connectivity index (χ0) is 7.72. The Morgan fingerprint density at radius 3 is 2.73 bits per heavy atom. The number of hydrogen-bond donors (Lipinski definition) is 2. The second-order valence-electron chi connectivity index (χ2n) is 1.92. The number of anilines is 1. The SMILES string of the molecule is Cn1c(N)cc(=O)[nH]c1=S.[Zn]. The first-order valence-corrected chi connectivity index (χ1v) is 3.08. The minimum Gasteiger partial charge on any atom is -0.385 e. The Morgan fingerprint density at radius 2 is 2.27 bits per heavy atom. The summed E-state index contributed by atoms with van der Waals surface area (Å²) < 4.78 is 1.86. The van der Waals surface area contributed by atoms with Gasteiger partial charge < -0.3 is 10.3 Å². The van der Waals surface area contributed by atoms with E-state index in [1.165, 1.54) is 10.6 Å². The first-order valence-electron chi connectivity index (χ1n) is 2.67. The van der Waals surface area contributed by atoms with Gasteiger partial charge in [0.05, 0.1) is 0 Å². The van der Waals surface area contributed by atoms with Crippen LogP contribution < -0.4 is 11.3 Å². The van der Waals surface area contributed by atoms with Crippen LogP contribution in [0.15, 0.2) is 10.9 Å². The number of hydrogen-bond acceptors (Lipinski definition) is 3. The van der Waals surface area contributed by atoms with Gasteiger partial charge in [-0.05, 0) is 12.2 Å². The van der Waals surface area contributed by atoms with Gasteiger partial charge in [-0.25, -0.2) is 0 Å². The molecule has 0 bridgehead atoms. The number of nitrogens with one attached hydrogen (secondary N) is 1. The van der Waals surface area contributed by atoms with Crippen molar-refractivity contribution < 1.29 is 19.5 Å². The van der Waals surface area contributed by atoms with Crippen LogP contribution in [0.25, 0.3) is 0 Å². The minimum atomic E-state index is -0.263. The van der Waals surface area contributed by atoms with Gasteiger partial charge in [-0.15, -0.1) is 0 Å². The Balaban J connectivity index is 0.000001000. The van der Waals surface area contributed by atoms with Gasteiger partial charge in [-0.1, -0.05) is 0 Å². The Morgan fingerprint density at radius 1 is 1.73 bits per heavy atom. The smallest absolute Gasteiger partial charge is 0.253 e. The number of nitrogens with zero attached hydrogens (tertiary/aromatic N) is 1. The first-order chi connectivity index (χ1) is 4.61. The van der Waals surface area contributed by atoms with E-state index in [0.717, 1.165) is 0 Å². The standard InChI is InChI=1S/C5H7N3OS.Zn/c1-8-3(6)2-4(9)7-5(8)10;/h2H,6H2,1H3,(H,7,9,10);. The van der Waals surface area contributed by atoms with Crippen LogP contribution in [0.3, 0.4) is 0 Å². The predicted octanol–water partition coefficient (Wildman–Crippen LogP) is 0.0226. The molecule has 1 aromatic rings. The minimum absolute atomic E-state index is 0. The molecule has 0 radical (unpaired) electrons. The topological polar surface area (TPSA) is 63.8 Å². The summed E-state index contributed by atoms with van der Waals surface area (Å²) in [5, 5.41) is 0. The molecule has 0 saturated carbocycles. The molecule has 0 saturated heterocycles. The Labute approximate surface area is 81.2 Å². The van der Waals surface area contributed by atoms with Crippen molar-refractivity contribution in [3.63, 3.8) is 0 Å². The molecule has 4 nitrogen and oxygen atoms in total. The molecule has 0 unspecified atom stereocenters. The predicted molar refractivity (Wildman–Crippen MR) is 41.3 cm³/mol. The van der Waals surface area contributed by atoms with Crippen molar-refractivity contribution in [3.8, 4) is 0 Å². The van der Waals surface area contributed by atoms with Crippen molar-refractivity contribution in [2.75, 3.05) is 5.73 Å². The largest absolute Gasteiger partial charge is 0.385 e. The molecule has 0 spiro atoms. The van der Waals surface area contributed by atoms with Crippen LogP contribution in [0.2, 0.25) is 0 Å². The van der Waals surface area contributed by atoms with Gasteiger partial charge in [0, 0.05) is 32.6 Å². The van der Waals surface area contributed by atoms with Crippen molar-refractivity contribution in [1.82, 2.24) is 9.55 Å². The van der Waals surface area contributed by atoms with Crippen LogP contribution in [0, 0.1) is 4.77 Å². The molecular weight excluding hydrogens is 216 g/mol. The van der Waals surface area contributed by atoms with Crippen molar-refractivity contribution in [1.29, 1.82) is 0 Å². The summed E-state index contributed by atoms with van der Waals surface area (Å²) in [5.41, 5.74) is 5.13. The molecular formula is C5H7N3OSZn. The zero-order valence-electron chi connectivity index (χ0n) is 6.13. The third-order valence-corrected chi connectivity index (χ3v) is 1.58. The van der Waals surface area contributed by atoms with Crippen LogP contribution in [0.4, 0.5) is 5.82 Å². The molecule has 0 aliphatic rings. The number of rotatable bonds is 0. The molecule has 3 N–H and O–H groups in total. The molecule has 11 heavy (non-hydrogen) atoms. The van der Waals surface area contributed by atoms with E-state index in [-0.39, 0.29) is 25.0 Å². The molecule has 0 aliphatic carbocycles. The Kier molecular flexibility index (Phi) is 3.62. The second-order valence-corrected chi connectivity index (χ2v) is 2.31. The number of aromatic amines is 1. The molecule has 0 fully saturated rings. The quantitative estimate of drug-likeness (QED) is 0.481. The third-order valence-electron chi connectivity index (χ3n) is 1.20. The zero-order valence-corrected chi connectivity index (χ0v) is 9.91. The van der Waals surface area contributed by atoms with Gasteiger partial charge in [0.2, 0.25) is 0 Å². The number of aromatic nitrogens is 2. The molecule has 1 aromatic heterocycles. The van der Waals surface area contributed by atoms with Crippen LogP contribution >= 0.6 is 12.2 Å². The normalized spacial score (nSPS) is 8.82. The van der Waals surface area contributed by atoms with E-state index in [1.54, 1.807) is 7.05 Å². The third kappa shape index (κ3) is 2.24. The van der Waals surface area contributed by atoms with E-state index >= 15 is 0 Å². The van der Waals surface area contributed by atoms with Crippen LogP contribution in [-0.4, -0.2) is 9.55 Å². The Bertz CT molecular complexity index is 355. The summed E-state index contributed by atoms with van der Waals surface area (Å²) in [4.78, 5) is 13.1. The molecule has 0 amide bonds. The monoisotopic (exact) mass is 221 g/mol. The molecule has 6 heteroatoms. The summed E-state index contributed by atoms with van der Waals surface area (Å²) in [7, 11) is 1.69. The number of nitrogen functional groups attached to an aromatic ring is 1. The maximum Gasteiger partial charge on any atom is 0.253 e. The fourth-order valence-electron chi connectivity index (χ4n) is 0.574. The van der Waals surface area contributed by atoms with E-state index in [9.17, 15) is 4.79 Å². The van der Waals surface area contributed by atoms with E-state index in [4.69, 9.17) is 18.0 Å². The average molecular weight is 223 g/mol. The molecule has 56 valence electrons. The second kappa shape index (κ2) is 3.78. The van der Waals surface area contributed by atoms with Gasteiger partial charge in [0.1, 0.15) is 5.82 Å². The van der Waals surface area contributed by atoms with E-state index in [0.29, 0.717) is 10.6 Å². The number of H-pyrrole nitrogens is 1. The van der Waals surface area contributed by atoms with E-state index in [1.807, 2.05) is 0 Å². The van der Waals surface area contributed by atoms with Gasteiger partial charge in [0.15, 0.2) is 4.77 Å². The summed E-state index contributed by atoms with van der Waals surface area (Å²) in [6.45, 7) is 0. The molecule has 1 heterocycles. The molecule has 0 aromatic carbocycles. The molecule has 0 atom stereocenters. The van der Waals surface area contributed by atoms with Crippen LogP contribution in [0.5, 0.6) is 0 Å². The van der Waals surface area contributed by atoms with Crippen LogP contribution in [0.1, 0.15) is 0 Å². The first kappa shape index (κ1) is 10.5. The summed E-state index contributed by atoms with van der Waals surface area (Å²) in [6.07, 6.45) is 0. The van der Waals surface area contributed by atoms with E-state index in [2.05, 4.69) is 4.98 Å². The summed E-state index contributed by atoms with van der Waals surface area (Å²) >= 11 is 4.76. The fraction of sp³-hybridized carbons (Fsp3) is 0.200. The van der Waals surface area contributed by atoms with E-state index < -0.39 is 0 Å². The average Bonchev–Trinajstić information content (AvgIpc) is 1.82. The molecule has 0 aliphatic heterocycles. The van der Waals surface area contributed by atoms with Crippen LogP contribution in [-0.2, 0) is 26.5 Å². The van der Waals surface area contributed by atoms with Gasteiger partial charge in [0.25, 0.3) is 5.56 Å². The maximum absolute atomic E-state index is 10.6. The van der Waals surface area contributed by atoms with Crippen molar-refractivity contribution in [3.05, 3.63) is 21.2 Å². The van der Waals surface area contributed by atoms with Gasteiger partial charge in [-0.2, -0.15) is 0 Å². The summed E-state index contributed by atoms with van der Waals surface area (Å²) in [5.74, 6) is 0.369. The molecule has 1 rings (SSSR count). The maximum atomic E-state index is 10.6. The van der Waals surface area contributed by atoms with Crippen molar-refractivity contribution in [2.24, 2.45) is 7.05 Å². The van der Waals surface area contributed by atoms with Gasteiger partial charge in [-0.3, -0.25) is 9.78 Å². The fourth-order valence-corrected chi connectivity index (χ4v) is 0.780. The van der Waals surface area contributed by atoms with Crippen molar-refractivity contribution in [2.45, 2.75) is 0 Å². The Hall–Kier alpha value is -0.477. The van der Waals surface area contributed by atoms with Gasteiger partial charge >= 0.3 is 0 Å².